The minimum Gasteiger partial charge on any atom is -0.327 e. The molecule has 0 aliphatic carbocycles. The molecule has 3 nitrogen and oxygen atoms in total. The van der Waals surface area contributed by atoms with Crippen LogP contribution in [0.2, 0.25) is 0 Å². The molecule has 0 aliphatic rings. The molecule has 0 spiro atoms. The maximum atomic E-state index is 12.7. The molecule has 0 radical (unpaired) electrons. The zero-order chi connectivity index (χ0) is 10.7. The summed E-state index contributed by atoms with van der Waals surface area (Å²) >= 11 is 0. The fraction of sp³-hybridized carbons (Fsp3) is 0.400. The highest BCUT2D eigenvalue weighted by molar-refractivity contribution is 5.97. The van der Waals surface area contributed by atoms with Crippen molar-refractivity contribution < 1.29 is 9.18 Å². The summed E-state index contributed by atoms with van der Waals surface area (Å²) in [4.78, 5) is 15.3. The number of nitrogens with two attached hydrogens (primary N) is 1. The van der Waals surface area contributed by atoms with Gasteiger partial charge in [0.05, 0.1) is 6.20 Å². The van der Waals surface area contributed by atoms with Crippen molar-refractivity contribution in [2.24, 2.45) is 11.7 Å². The number of rotatable bonds is 3. The number of Topliss-reactive ketones (excluding diaryl/α,β-unsaturated/α-hetero) is 1. The summed E-state index contributed by atoms with van der Waals surface area (Å²) in [6.07, 6.45) is 2.41. The second-order valence-corrected chi connectivity index (χ2v) is 3.40. The lowest BCUT2D eigenvalue weighted by Crippen LogP contribution is -2.30. The predicted octanol–water partition coefficient (Wildman–Crippen LogP) is 1.39. The van der Waals surface area contributed by atoms with Crippen LogP contribution >= 0.6 is 0 Å². The van der Waals surface area contributed by atoms with Crippen molar-refractivity contribution in [1.82, 2.24) is 4.98 Å². The number of pyridine rings is 1. The van der Waals surface area contributed by atoms with Gasteiger partial charge in [0.2, 0.25) is 0 Å². The van der Waals surface area contributed by atoms with Gasteiger partial charge in [-0.2, -0.15) is 0 Å². The highest BCUT2D eigenvalue weighted by Crippen LogP contribution is 2.11. The number of carbonyl (C=O) groups is 1. The number of carbonyl (C=O) groups excluding carboxylic acids is 1. The van der Waals surface area contributed by atoms with E-state index in [0.717, 1.165) is 6.20 Å². The Morgan fingerprint density at radius 1 is 1.50 bits per heavy atom. The Bertz CT molecular complexity index is 339. The van der Waals surface area contributed by atoms with Crippen LogP contribution < -0.4 is 5.73 Å². The van der Waals surface area contributed by atoms with Gasteiger partial charge in [0.15, 0.2) is 5.78 Å². The summed E-state index contributed by atoms with van der Waals surface area (Å²) in [5.74, 6) is -1.00. The SMILES string of the molecule is CC(N)C(C)C(=O)c1cncc(F)c1. The maximum absolute atomic E-state index is 12.7. The van der Waals surface area contributed by atoms with Crippen LogP contribution in [0.25, 0.3) is 0 Å². The molecule has 76 valence electrons. The van der Waals surface area contributed by atoms with Crippen molar-refractivity contribution >= 4 is 5.78 Å². The third-order valence-corrected chi connectivity index (χ3v) is 2.19. The first-order valence-electron chi connectivity index (χ1n) is 4.42. The highest BCUT2D eigenvalue weighted by atomic mass is 19.1. The normalized spacial score (nSPS) is 14.9. The average molecular weight is 196 g/mol. The van der Waals surface area contributed by atoms with Crippen molar-refractivity contribution in [2.45, 2.75) is 19.9 Å². The molecule has 1 heterocycles. The van der Waals surface area contributed by atoms with Crippen LogP contribution in [0.3, 0.4) is 0 Å². The van der Waals surface area contributed by atoms with E-state index < -0.39 is 5.82 Å². The molecule has 0 saturated heterocycles. The molecule has 1 rings (SSSR count). The molecular weight excluding hydrogens is 183 g/mol. The number of hydrogen-bond donors (Lipinski definition) is 1. The van der Waals surface area contributed by atoms with E-state index in [0.29, 0.717) is 0 Å². The Labute approximate surface area is 82.1 Å². The van der Waals surface area contributed by atoms with Gasteiger partial charge in [0.25, 0.3) is 0 Å². The molecule has 14 heavy (non-hydrogen) atoms. The van der Waals surface area contributed by atoms with Crippen LogP contribution in [0.15, 0.2) is 18.5 Å². The molecule has 2 atom stereocenters. The summed E-state index contributed by atoms with van der Waals surface area (Å²) in [5.41, 5.74) is 5.85. The first-order valence-corrected chi connectivity index (χ1v) is 4.42. The van der Waals surface area contributed by atoms with Crippen LogP contribution in [-0.2, 0) is 0 Å². The van der Waals surface area contributed by atoms with Crippen molar-refractivity contribution in [1.29, 1.82) is 0 Å². The smallest absolute Gasteiger partial charge is 0.168 e. The lowest BCUT2D eigenvalue weighted by molar-refractivity contribution is 0.0916. The van der Waals surface area contributed by atoms with Gasteiger partial charge in [-0.1, -0.05) is 6.92 Å². The summed E-state index contributed by atoms with van der Waals surface area (Å²) in [6.45, 7) is 3.47. The van der Waals surface area contributed by atoms with E-state index in [9.17, 15) is 9.18 Å². The molecule has 0 aromatic carbocycles. The standard InChI is InChI=1S/C10H13FN2O/c1-6(7(2)12)10(14)8-3-9(11)5-13-4-8/h3-7H,12H2,1-2H3. The van der Waals surface area contributed by atoms with Gasteiger partial charge in [-0.3, -0.25) is 9.78 Å². The number of aromatic nitrogens is 1. The van der Waals surface area contributed by atoms with Gasteiger partial charge in [-0.05, 0) is 13.0 Å². The molecule has 1 aromatic heterocycles. The molecular formula is C10H13FN2O. The van der Waals surface area contributed by atoms with E-state index in [1.54, 1.807) is 13.8 Å². The quantitative estimate of drug-likeness (QED) is 0.743. The van der Waals surface area contributed by atoms with Gasteiger partial charge >= 0.3 is 0 Å². The Morgan fingerprint density at radius 2 is 2.14 bits per heavy atom. The molecule has 2 unspecified atom stereocenters. The monoisotopic (exact) mass is 196 g/mol. The van der Waals surface area contributed by atoms with Crippen molar-refractivity contribution in [3.05, 3.63) is 29.8 Å². The minimum absolute atomic E-state index is 0.174. The first-order chi connectivity index (χ1) is 6.52. The number of hydrogen-bond acceptors (Lipinski definition) is 3. The zero-order valence-corrected chi connectivity index (χ0v) is 8.20. The Balaban J connectivity index is 2.89. The molecule has 0 aliphatic heterocycles. The lowest BCUT2D eigenvalue weighted by atomic mass is 9.95. The van der Waals surface area contributed by atoms with E-state index in [1.807, 2.05) is 0 Å². The van der Waals surface area contributed by atoms with E-state index >= 15 is 0 Å². The number of nitrogens with zero attached hydrogens (tertiary/aromatic N) is 1. The summed E-state index contributed by atoms with van der Waals surface area (Å²) in [7, 11) is 0. The second-order valence-electron chi connectivity index (χ2n) is 3.40. The number of ketones is 1. The van der Waals surface area contributed by atoms with Crippen LogP contribution in [0.5, 0.6) is 0 Å². The summed E-state index contributed by atoms with van der Waals surface area (Å²) in [5, 5.41) is 0. The lowest BCUT2D eigenvalue weighted by Gasteiger charge is -2.13. The Morgan fingerprint density at radius 3 is 2.64 bits per heavy atom. The van der Waals surface area contributed by atoms with Crippen molar-refractivity contribution in [2.75, 3.05) is 0 Å². The van der Waals surface area contributed by atoms with E-state index in [1.165, 1.54) is 12.3 Å². The molecule has 0 amide bonds. The van der Waals surface area contributed by atoms with Crippen LogP contribution in [0.1, 0.15) is 24.2 Å². The predicted molar refractivity (Wildman–Crippen MR) is 51.3 cm³/mol. The Hall–Kier alpha value is -1.29. The fourth-order valence-corrected chi connectivity index (χ4v) is 1.05. The summed E-state index contributed by atoms with van der Waals surface area (Å²) in [6, 6.07) is 0.930. The average Bonchev–Trinajstić information content (AvgIpc) is 2.15. The van der Waals surface area contributed by atoms with Crippen molar-refractivity contribution in [3.8, 4) is 0 Å². The summed E-state index contributed by atoms with van der Waals surface area (Å²) < 4.78 is 12.7. The molecule has 0 fully saturated rings. The molecule has 0 saturated carbocycles. The molecule has 0 bridgehead atoms. The fourth-order valence-electron chi connectivity index (χ4n) is 1.05. The highest BCUT2D eigenvalue weighted by Gasteiger charge is 2.19. The Kier molecular flexibility index (Phi) is 3.30. The third kappa shape index (κ3) is 2.35. The van der Waals surface area contributed by atoms with E-state index in [4.69, 9.17) is 5.73 Å². The number of halogens is 1. The third-order valence-electron chi connectivity index (χ3n) is 2.19. The zero-order valence-electron chi connectivity index (χ0n) is 8.20. The van der Waals surface area contributed by atoms with Crippen LogP contribution in [-0.4, -0.2) is 16.8 Å². The minimum atomic E-state index is -0.507. The van der Waals surface area contributed by atoms with Gasteiger partial charge < -0.3 is 5.73 Å². The second kappa shape index (κ2) is 4.28. The van der Waals surface area contributed by atoms with Gasteiger partial charge in [-0.15, -0.1) is 0 Å². The van der Waals surface area contributed by atoms with Gasteiger partial charge in [-0.25, -0.2) is 4.39 Å². The molecule has 1 aromatic rings. The maximum Gasteiger partial charge on any atom is 0.168 e. The van der Waals surface area contributed by atoms with E-state index in [-0.39, 0.29) is 23.3 Å². The molecule has 2 N–H and O–H groups in total. The van der Waals surface area contributed by atoms with Gasteiger partial charge in [0.1, 0.15) is 5.82 Å². The topological polar surface area (TPSA) is 56.0 Å². The van der Waals surface area contributed by atoms with E-state index in [2.05, 4.69) is 4.98 Å². The largest absolute Gasteiger partial charge is 0.327 e. The first kappa shape index (κ1) is 10.8. The van der Waals surface area contributed by atoms with Crippen LogP contribution in [0, 0.1) is 11.7 Å². The van der Waals surface area contributed by atoms with Crippen LogP contribution in [0.4, 0.5) is 4.39 Å². The molecule has 4 heteroatoms. The van der Waals surface area contributed by atoms with Crippen molar-refractivity contribution in [3.63, 3.8) is 0 Å². The van der Waals surface area contributed by atoms with Gasteiger partial charge in [0, 0.05) is 23.7 Å².